The standard InChI is InChI=1S/C38H44ClN3O6S/c1-26-19-27(2)21-30(20-26)42(49(45,46)31-17-18-34(47-6)35(23-31)48-7)25-36(43)41(24-29-15-11-12-16-32(29)39)33(37(44)40-38(3,4)5)22-28-13-9-8-10-14-28/h8-21,23,33H,22,24-25H2,1-7H3,(H,40,44)/t33-/m1/s1. The lowest BCUT2D eigenvalue weighted by atomic mass is 10.0. The van der Waals surface area contributed by atoms with E-state index in [1.807, 2.05) is 71.0 Å². The Hall–Kier alpha value is -4.54. The molecule has 0 unspecified atom stereocenters. The van der Waals surface area contributed by atoms with Gasteiger partial charge in [0.25, 0.3) is 10.0 Å². The van der Waals surface area contributed by atoms with Gasteiger partial charge in [-0.2, -0.15) is 0 Å². The number of ether oxygens (including phenoxy) is 2. The van der Waals surface area contributed by atoms with Crippen molar-refractivity contribution in [3.63, 3.8) is 0 Å². The van der Waals surface area contributed by atoms with Crippen molar-refractivity contribution in [2.45, 2.75) is 64.1 Å². The quantitative estimate of drug-likeness (QED) is 0.166. The fraction of sp³-hybridized carbons (Fsp3) is 0.316. The minimum atomic E-state index is -4.36. The van der Waals surface area contributed by atoms with Gasteiger partial charge in [0.15, 0.2) is 11.5 Å². The average molecular weight is 706 g/mol. The molecule has 0 aliphatic heterocycles. The molecular weight excluding hydrogens is 662 g/mol. The lowest BCUT2D eigenvalue weighted by Gasteiger charge is -2.35. The first-order chi connectivity index (χ1) is 23.1. The monoisotopic (exact) mass is 705 g/mol. The molecule has 0 radical (unpaired) electrons. The van der Waals surface area contributed by atoms with Gasteiger partial charge in [0.1, 0.15) is 12.6 Å². The molecule has 49 heavy (non-hydrogen) atoms. The largest absolute Gasteiger partial charge is 0.493 e. The van der Waals surface area contributed by atoms with Gasteiger partial charge in [-0.15, -0.1) is 0 Å². The maximum Gasteiger partial charge on any atom is 0.264 e. The number of halogens is 1. The molecule has 260 valence electrons. The Kier molecular flexibility index (Phi) is 12.0. The normalized spacial score (nSPS) is 12.2. The van der Waals surface area contributed by atoms with Crippen molar-refractivity contribution >= 4 is 39.1 Å². The van der Waals surface area contributed by atoms with Crippen molar-refractivity contribution in [1.82, 2.24) is 10.2 Å². The lowest BCUT2D eigenvalue weighted by molar-refractivity contribution is -0.140. The third-order valence-corrected chi connectivity index (χ3v) is 9.92. The summed E-state index contributed by atoms with van der Waals surface area (Å²) in [6.45, 7) is 8.67. The van der Waals surface area contributed by atoms with Crippen molar-refractivity contribution < 1.29 is 27.5 Å². The topological polar surface area (TPSA) is 105 Å². The maximum atomic E-state index is 14.8. The molecule has 0 spiro atoms. The summed E-state index contributed by atoms with van der Waals surface area (Å²) in [6.07, 6.45) is 0.185. The number of amides is 2. The third kappa shape index (κ3) is 9.55. The molecule has 2 amide bonds. The molecule has 0 heterocycles. The lowest BCUT2D eigenvalue weighted by Crippen LogP contribution is -2.56. The molecule has 0 saturated heterocycles. The van der Waals surface area contributed by atoms with Gasteiger partial charge >= 0.3 is 0 Å². The number of sulfonamides is 1. The highest BCUT2D eigenvalue weighted by Crippen LogP contribution is 2.33. The number of benzene rings is 4. The molecule has 4 aromatic rings. The molecule has 1 N–H and O–H groups in total. The van der Waals surface area contributed by atoms with Crippen LogP contribution in [0.2, 0.25) is 5.02 Å². The van der Waals surface area contributed by atoms with Crippen molar-refractivity contribution in [2.75, 3.05) is 25.1 Å². The van der Waals surface area contributed by atoms with E-state index >= 15 is 0 Å². The zero-order valence-electron chi connectivity index (χ0n) is 29.0. The van der Waals surface area contributed by atoms with Crippen LogP contribution < -0.4 is 19.1 Å². The second-order valence-electron chi connectivity index (χ2n) is 12.9. The molecule has 4 aromatic carbocycles. The van der Waals surface area contributed by atoms with Crippen LogP contribution >= 0.6 is 11.6 Å². The summed E-state index contributed by atoms with van der Waals surface area (Å²) in [5.74, 6) is -0.391. The van der Waals surface area contributed by atoms with Gasteiger partial charge in [-0.25, -0.2) is 8.42 Å². The molecular formula is C38H44ClN3O6S. The molecule has 0 saturated carbocycles. The summed E-state index contributed by atoms with van der Waals surface area (Å²) in [4.78, 5) is 30.2. The first-order valence-electron chi connectivity index (χ1n) is 15.8. The van der Waals surface area contributed by atoms with Crippen LogP contribution in [0.4, 0.5) is 5.69 Å². The molecule has 9 nitrogen and oxygen atoms in total. The summed E-state index contributed by atoms with van der Waals surface area (Å²) in [7, 11) is -1.49. The average Bonchev–Trinajstić information content (AvgIpc) is 3.04. The number of hydrogen-bond acceptors (Lipinski definition) is 6. The van der Waals surface area contributed by atoms with E-state index < -0.39 is 34.1 Å². The summed E-state index contributed by atoms with van der Waals surface area (Å²) < 4.78 is 40.9. The van der Waals surface area contributed by atoms with Crippen molar-refractivity contribution in [3.05, 3.63) is 118 Å². The third-order valence-electron chi connectivity index (χ3n) is 7.78. The number of nitrogens with zero attached hydrogens (tertiary/aromatic N) is 2. The Morgan fingerprint density at radius 1 is 0.837 bits per heavy atom. The van der Waals surface area contributed by atoms with Gasteiger partial charge in [0.05, 0.1) is 24.8 Å². The van der Waals surface area contributed by atoms with E-state index in [1.165, 1.54) is 37.3 Å². The van der Waals surface area contributed by atoms with Crippen molar-refractivity contribution in [3.8, 4) is 11.5 Å². The van der Waals surface area contributed by atoms with Gasteiger partial charge in [0.2, 0.25) is 11.8 Å². The fourth-order valence-corrected chi connectivity index (χ4v) is 7.15. The Morgan fingerprint density at radius 3 is 2.04 bits per heavy atom. The van der Waals surface area contributed by atoms with Gasteiger partial charge in [-0.05, 0) is 87.2 Å². The van der Waals surface area contributed by atoms with Crippen LogP contribution in [-0.2, 0) is 32.6 Å². The molecule has 0 fully saturated rings. The Morgan fingerprint density at radius 2 is 1.45 bits per heavy atom. The van der Waals surface area contributed by atoms with E-state index in [-0.39, 0.29) is 29.5 Å². The van der Waals surface area contributed by atoms with Gasteiger partial charge in [0, 0.05) is 29.6 Å². The highest BCUT2D eigenvalue weighted by atomic mass is 35.5. The van der Waals surface area contributed by atoms with E-state index in [0.29, 0.717) is 22.0 Å². The van der Waals surface area contributed by atoms with Crippen molar-refractivity contribution in [1.29, 1.82) is 0 Å². The van der Waals surface area contributed by atoms with Crippen LogP contribution in [0.5, 0.6) is 11.5 Å². The highest BCUT2D eigenvalue weighted by Gasteiger charge is 2.36. The van der Waals surface area contributed by atoms with Crippen LogP contribution in [-0.4, -0.2) is 57.5 Å². The summed E-state index contributed by atoms with van der Waals surface area (Å²) in [5, 5.41) is 3.45. The molecule has 0 bridgehead atoms. The molecule has 11 heteroatoms. The zero-order valence-corrected chi connectivity index (χ0v) is 30.6. The zero-order chi connectivity index (χ0) is 35.9. The Labute approximate surface area is 294 Å². The molecule has 4 rings (SSSR count). The van der Waals surface area contributed by atoms with E-state index in [0.717, 1.165) is 21.0 Å². The number of anilines is 1. The van der Waals surface area contributed by atoms with Gasteiger partial charge < -0.3 is 19.7 Å². The molecule has 0 aliphatic carbocycles. The van der Waals surface area contributed by atoms with E-state index in [2.05, 4.69) is 5.32 Å². The molecule has 0 aliphatic rings. The summed E-state index contributed by atoms with van der Waals surface area (Å²) in [5.41, 5.74) is 2.77. The maximum absolute atomic E-state index is 14.8. The summed E-state index contributed by atoms with van der Waals surface area (Å²) in [6, 6.07) is 25.1. The Bertz CT molecular complexity index is 1870. The molecule has 0 aromatic heterocycles. The minimum Gasteiger partial charge on any atom is -0.493 e. The number of rotatable bonds is 13. The van der Waals surface area contributed by atoms with Crippen molar-refractivity contribution in [2.24, 2.45) is 0 Å². The summed E-state index contributed by atoms with van der Waals surface area (Å²) >= 11 is 6.60. The number of methoxy groups -OCH3 is 2. The predicted octanol–water partition coefficient (Wildman–Crippen LogP) is 6.72. The smallest absolute Gasteiger partial charge is 0.264 e. The fourth-order valence-electron chi connectivity index (χ4n) is 5.54. The second kappa shape index (κ2) is 15.8. The van der Waals surface area contributed by atoms with Gasteiger partial charge in [-0.3, -0.25) is 13.9 Å². The van der Waals surface area contributed by atoms with E-state index in [9.17, 15) is 18.0 Å². The Balaban J connectivity index is 1.88. The minimum absolute atomic E-state index is 0.0370. The SMILES string of the molecule is COc1ccc(S(=O)(=O)N(CC(=O)N(Cc2ccccc2Cl)[C@H](Cc2ccccc2)C(=O)NC(C)(C)C)c2cc(C)cc(C)c2)cc1OC. The highest BCUT2D eigenvalue weighted by molar-refractivity contribution is 7.92. The number of nitrogens with one attached hydrogen (secondary N) is 1. The second-order valence-corrected chi connectivity index (χ2v) is 15.2. The first kappa shape index (κ1) is 37.3. The first-order valence-corrected chi connectivity index (χ1v) is 17.7. The number of aryl methyl sites for hydroxylation is 2. The van der Waals surface area contributed by atoms with Crippen LogP contribution in [0.1, 0.15) is 43.0 Å². The van der Waals surface area contributed by atoms with Crippen LogP contribution in [0, 0.1) is 13.8 Å². The van der Waals surface area contributed by atoms with Gasteiger partial charge in [-0.1, -0.05) is 66.2 Å². The van der Waals surface area contributed by atoms with Crippen LogP contribution in [0.25, 0.3) is 0 Å². The number of carbonyl (C=O) groups excluding carboxylic acids is 2. The number of hydrogen-bond donors (Lipinski definition) is 1. The predicted molar refractivity (Wildman–Crippen MR) is 194 cm³/mol. The van der Waals surface area contributed by atoms with E-state index in [4.69, 9.17) is 21.1 Å². The number of carbonyl (C=O) groups is 2. The molecule has 1 atom stereocenters. The van der Waals surface area contributed by atoms with Crippen LogP contribution in [0.15, 0.2) is 95.9 Å². The van der Waals surface area contributed by atoms with Crippen LogP contribution in [0.3, 0.4) is 0 Å². The van der Waals surface area contributed by atoms with E-state index in [1.54, 1.807) is 36.4 Å².